The van der Waals surface area contributed by atoms with Crippen molar-refractivity contribution in [2.24, 2.45) is 5.92 Å². The third-order valence-electron chi connectivity index (χ3n) is 3.75. The first-order valence-corrected chi connectivity index (χ1v) is 8.95. The van der Waals surface area contributed by atoms with Crippen LogP contribution in [0.5, 0.6) is 5.75 Å². The maximum atomic E-state index is 12.0. The molecule has 0 aromatic heterocycles. The summed E-state index contributed by atoms with van der Waals surface area (Å²) in [6.07, 6.45) is 2.38. The highest BCUT2D eigenvalue weighted by molar-refractivity contribution is 7.91. The summed E-state index contributed by atoms with van der Waals surface area (Å²) in [5.74, 6) is 1.25. The number of methoxy groups -OCH3 is 1. The Balaban J connectivity index is 1.75. The lowest BCUT2D eigenvalue weighted by Crippen LogP contribution is -2.25. The second-order valence-corrected chi connectivity index (χ2v) is 7.60. The number of sulfone groups is 1. The highest BCUT2D eigenvalue weighted by Gasteiger charge is 2.27. The number of benzene rings is 1. The topological polar surface area (TPSA) is 72.5 Å². The van der Waals surface area contributed by atoms with Gasteiger partial charge in [-0.25, -0.2) is 8.42 Å². The van der Waals surface area contributed by atoms with Gasteiger partial charge in [-0.1, -0.05) is 12.1 Å². The number of carbonyl (C=O) groups excluding carboxylic acids is 1. The molecule has 0 saturated carbocycles. The fourth-order valence-corrected chi connectivity index (χ4v) is 4.53. The van der Waals surface area contributed by atoms with E-state index in [2.05, 4.69) is 5.32 Å². The average Bonchev–Trinajstić information content (AvgIpc) is 2.82. The van der Waals surface area contributed by atoms with Crippen LogP contribution in [0.3, 0.4) is 0 Å². The molecule has 21 heavy (non-hydrogen) atoms. The summed E-state index contributed by atoms with van der Waals surface area (Å²) >= 11 is 0. The van der Waals surface area contributed by atoms with Gasteiger partial charge in [-0.2, -0.15) is 0 Å². The van der Waals surface area contributed by atoms with Gasteiger partial charge in [0.1, 0.15) is 5.75 Å². The monoisotopic (exact) mass is 311 g/mol. The minimum atomic E-state index is -2.80. The standard InChI is InChI=1S/C15H21NO4S/c1-20-14-7-3-2-6-13(14)15(17)16-9-4-5-12-8-10-21(18,19)11-12/h2-3,6-7,12H,4-5,8-11H2,1H3,(H,16,17). The van der Waals surface area contributed by atoms with Crippen molar-refractivity contribution in [2.75, 3.05) is 25.2 Å². The lowest BCUT2D eigenvalue weighted by Gasteiger charge is -2.10. The molecule has 1 aliphatic heterocycles. The maximum absolute atomic E-state index is 12.0. The molecule has 0 aliphatic carbocycles. The SMILES string of the molecule is COc1ccccc1C(=O)NCCCC1CCS(=O)(=O)C1. The molecule has 1 heterocycles. The molecule has 0 bridgehead atoms. The number of amides is 1. The van der Waals surface area contributed by atoms with E-state index in [1.165, 1.54) is 7.11 Å². The summed E-state index contributed by atoms with van der Waals surface area (Å²) in [5.41, 5.74) is 0.517. The quantitative estimate of drug-likeness (QED) is 0.811. The predicted molar refractivity (Wildman–Crippen MR) is 81.3 cm³/mol. The van der Waals surface area contributed by atoms with E-state index < -0.39 is 9.84 Å². The number of para-hydroxylation sites is 1. The number of rotatable bonds is 6. The molecule has 1 N–H and O–H groups in total. The van der Waals surface area contributed by atoms with E-state index in [0.717, 1.165) is 19.3 Å². The van der Waals surface area contributed by atoms with Crippen LogP contribution in [-0.4, -0.2) is 39.5 Å². The van der Waals surface area contributed by atoms with Crippen LogP contribution < -0.4 is 10.1 Å². The zero-order chi connectivity index (χ0) is 15.3. The summed E-state index contributed by atoms with van der Waals surface area (Å²) < 4.78 is 27.9. The lowest BCUT2D eigenvalue weighted by molar-refractivity contribution is 0.0949. The summed E-state index contributed by atoms with van der Waals surface area (Å²) in [6.45, 7) is 0.549. The average molecular weight is 311 g/mol. The largest absolute Gasteiger partial charge is 0.496 e. The van der Waals surface area contributed by atoms with Crippen molar-refractivity contribution >= 4 is 15.7 Å². The van der Waals surface area contributed by atoms with E-state index in [0.29, 0.717) is 29.4 Å². The van der Waals surface area contributed by atoms with E-state index >= 15 is 0 Å². The molecule has 116 valence electrons. The Bertz CT molecular complexity index is 597. The summed E-state index contributed by atoms with van der Waals surface area (Å²) in [7, 11) is -1.27. The van der Waals surface area contributed by atoms with E-state index in [-0.39, 0.29) is 11.8 Å². The van der Waals surface area contributed by atoms with Crippen LogP contribution in [0.1, 0.15) is 29.6 Å². The molecule has 1 aromatic carbocycles. The minimum Gasteiger partial charge on any atom is -0.496 e. The molecule has 0 spiro atoms. The Morgan fingerprint density at radius 2 is 2.14 bits per heavy atom. The van der Waals surface area contributed by atoms with Crippen molar-refractivity contribution in [2.45, 2.75) is 19.3 Å². The molecule has 1 aliphatic rings. The highest BCUT2D eigenvalue weighted by Crippen LogP contribution is 2.22. The van der Waals surface area contributed by atoms with Gasteiger partial charge in [-0.05, 0) is 37.3 Å². The summed E-state index contributed by atoms with van der Waals surface area (Å²) in [6, 6.07) is 7.08. The zero-order valence-corrected chi connectivity index (χ0v) is 13.0. The van der Waals surface area contributed by atoms with Crippen molar-refractivity contribution in [3.05, 3.63) is 29.8 Å². The molecule has 0 radical (unpaired) electrons. The van der Waals surface area contributed by atoms with Gasteiger partial charge < -0.3 is 10.1 Å². The fourth-order valence-electron chi connectivity index (χ4n) is 2.62. The molecule has 5 nitrogen and oxygen atoms in total. The van der Waals surface area contributed by atoms with Gasteiger partial charge in [0.15, 0.2) is 9.84 Å². The number of nitrogens with one attached hydrogen (secondary N) is 1. The Morgan fingerprint density at radius 1 is 1.38 bits per heavy atom. The van der Waals surface area contributed by atoms with Gasteiger partial charge in [0.2, 0.25) is 0 Å². The Labute approximate surface area is 125 Å². The van der Waals surface area contributed by atoms with E-state index in [9.17, 15) is 13.2 Å². The van der Waals surface area contributed by atoms with Gasteiger partial charge in [-0.3, -0.25) is 4.79 Å². The lowest BCUT2D eigenvalue weighted by atomic mass is 10.0. The van der Waals surface area contributed by atoms with Crippen LogP contribution in [0.25, 0.3) is 0 Å². The van der Waals surface area contributed by atoms with Crippen molar-refractivity contribution < 1.29 is 17.9 Å². The normalized spacial score (nSPS) is 20.1. The molecule has 1 saturated heterocycles. The second-order valence-electron chi connectivity index (χ2n) is 5.37. The summed E-state index contributed by atoms with van der Waals surface area (Å²) in [4.78, 5) is 12.0. The first kappa shape index (κ1) is 15.8. The minimum absolute atomic E-state index is 0.161. The third kappa shape index (κ3) is 4.46. The van der Waals surface area contributed by atoms with Crippen LogP contribution in [0.2, 0.25) is 0 Å². The Kier molecular flexibility index (Phi) is 5.22. The molecular formula is C15H21NO4S. The van der Waals surface area contributed by atoms with Crippen LogP contribution in [0.15, 0.2) is 24.3 Å². The second kappa shape index (κ2) is 6.93. The highest BCUT2D eigenvalue weighted by atomic mass is 32.2. The number of ether oxygens (including phenoxy) is 1. The van der Waals surface area contributed by atoms with Gasteiger partial charge in [0.05, 0.1) is 24.2 Å². The van der Waals surface area contributed by atoms with Gasteiger partial charge >= 0.3 is 0 Å². The molecule has 1 unspecified atom stereocenters. The summed E-state index contributed by atoms with van der Waals surface area (Å²) in [5, 5.41) is 2.85. The molecular weight excluding hydrogens is 290 g/mol. The van der Waals surface area contributed by atoms with Crippen LogP contribution in [0.4, 0.5) is 0 Å². The van der Waals surface area contributed by atoms with Crippen LogP contribution in [-0.2, 0) is 9.84 Å². The van der Waals surface area contributed by atoms with E-state index in [1.807, 2.05) is 6.07 Å². The first-order chi connectivity index (χ1) is 10.0. The Hall–Kier alpha value is -1.56. The number of carbonyl (C=O) groups is 1. The van der Waals surface area contributed by atoms with Crippen molar-refractivity contribution in [3.63, 3.8) is 0 Å². The predicted octanol–water partition coefficient (Wildman–Crippen LogP) is 1.64. The molecule has 1 atom stereocenters. The number of hydrogen-bond acceptors (Lipinski definition) is 4. The smallest absolute Gasteiger partial charge is 0.255 e. The maximum Gasteiger partial charge on any atom is 0.255 e. The fraction of sp³-hybridized carbons (Fsp3) is 0.533. The van der Waals surface area contributed by atoms with Crippen molar-refractivity contribution in [1.29, 1.82) is 0 Å². The molecule has 1 aromatic rings. The molecule has 6 heteroatoms. The van der Waals surface area contributed by atoms with Crippen molar-refractivity contribution in [3.8, 4) is 5.75 Å². The van der Waals surface area contributed by atoms with Crippen LogP contribution in [0, 0.1) is 5.92 Å². The zero-order valence-electron chi connectivity index (χ0n) is 12.2. The van der Waals surface area contributed by atoms with E-state index in [4.69, 9.17) is 4.74 Å². The molecule has 2 rings (SSSR count). The molecule has 1 fully saturated rings. The van der Waals surface area contributed by atoms with Gasteiger partial charge in [0.25, 0.3) is 5.91 Å². The van der Waals surface area contributed by atoms with E-state index in [1.54, 1.807) is 18.2 Å². The van der Waals surface area contributed by atoms with Gasteiger partial charge in [-0.15, -0.1) is 0 Å². The van der Waals surface area contributed by atoms with Crippen LogP contribution >= 0.6 is 0 Å². The third-order valence-corrected chi connectivity index (χ3v) is 5.59. The first-order valence-electron chi connectivity index (χ1n) is 7.13. The molecule has 1 amide bonds. The Morgan fingerprint density at radius 3 is 2.81 bits per heavy atom. The number of hydrogen-bond donors (Lipinski definition) is 1. The van der Waals surface area contributed by atoms with Crippen molar-refractivity contribution in [1.82, 2.24) is 5.32 Å². The van der Waals surface area contributed by atoms with Gasteiger partial charge in [0, 0.05) is 6.54 Å².